The van der Waals surface area contributed by atoms with Crippen LogP contribution in [-0.4, -0.2) is 7.28 Å². The van der Waals surface area contributed by atoms with Crippen LogP contribution < -0.4 is 5.46 Å². The van der Waals surface area contributed by atoms with Gasteiger partial charge in [0.1, 0.15) is 0 Å². The van der Waals surface area contributed by atoms with Crippen molar-refractivity contribution in [1.29, 1.82) is 0 Å². The molecule has 0 spiro atoms. The molecule has 0 atom stereocenters. The van der Waals surface area contributed by atoms with Crippen LogP contribution in [0.25, 0.3) is 0 Å². The van der Waals surface area contributed by atoms with Crippen LogP contribution in [0.15, 0.2) is 91.0 Å². The Morgan fingerprint density at radius 1 is 0.571 bits per heavy atom. The van der Waals surface area contributed by atoms with Crippen molar-refractivity contribution in [3.63, 3.8) is 0 Å². The molecule has 102 valence electrons. The van der Waals surface area contributed by atoms with E-state index in [4.69, 9.17) is 0 Å². The zero-order chi connectivity index (χ0) is 14.3. The van der Waals surface area contributed by atoms with E-state index >= 15 is 0 Å². The normalized spacial score (nSPS) is 10.7. The summed E-state index contributed by atoms with van der Waals surface area (Å²) in [5, 5.41) is 0. The van der Waals surface area contributed by atoms with Gasteiger partial charge >= 0.3 is 0 Å². The molecule has 0 heterocycles. The molecule has 0 bridgehead atoms. The Morgan fingerprint density at radius 2 is 1.00 bits per heavy atom. The Labute approximate surface area is 127 Å². The van der Waals surface area contributed by atoms with Gasteiger partial charge in [0.2, 0.25) is 0 Å². The largest absolute Gasteiger partial charge is 0.296 e. The molecule has 0 aliphatic carbocycles. The van der Waals surface area contributed by atoms with Crippen molar-refractivity contribution in [2.75, 3.05) is 0 Å². The molecule has 0 aromatic heterocycles. The highest BCUT2D eigenvalue weighted by Gasteiger charge is 2.08. The van der Waals surface area contributed by atoms with Crippen molar-refractivity contribution in [2.24, 2.45) is 0 Å². The van der Waals surface area contributed by atoms with E-state index in [2.05, 4.69) is 98.3 Å². The van der Waals surface area contributed by atoms with Gasteiger partial charge in [-0.3, -0.25) is 12.7 Å². The van der Waals surface area contributed by atoms with Crippen LogP contribution in [-0.2, 0) is 0 Å². The first-order chi connectivity index (χ1) is 10.4. The number of hydrogen-bond acceptors (Lipinski definition) is 0. The molecule has 3 aromatic carbocycles. The molecule has 0 aliphatic heterocycles. The van der Waals surface area contributed by atoms with Crippen LogP contribution in [0.5, 0.6) is 0 Å². The summed E-state index contributed by atoms with van der Waals surface area (Å²) < 4.78 is 0. The van der Waals surface area contributed by atoms with Gasteiger partial charge in [0, 0.05) is 0 Å². The summed E-state index contributed by atoms with van der Waals surface area (Å²) in [4.78, 5) is 0. The molecule has 0 fully saturated rings. The highest BCUT2D eigenvalue weighted by molar-refractivity contribution is 6.53. The minimum Gasteiger partial charge on any atom is -0.296 e. The van der Waals surface area contributed by atoms with Gasteiger partial charge in [-0.15, -0.1) is 12.1 Å². The maximum absolute atomic E-state index is 2.32. The lowest BCUT2D eigenvalue weighted by Crippen LogP contribution is -2.16. The molecule has 0 saturated heterocycles. The van der Waals surface area contributed by atoms with Crippen LogP contribution in [0, 0.1) is 0 Å². The van der Waals surface area contributed by atoms with Crippen LogP contribution in [0.3, 0.4) is 0 Å². The Kier molecular flexibility index (Phi) is 4.53. The lowest BCUT2D eigenvalue weighted by molar-refractivity contribution is 0.916. The Hall–Kier alpha value is -2.28. The molecule has 2 radical (unpaired) electrons. The quantitative estimate of drug-likeness (QED) is 0.607. The molecule has 3 aromatic rings. The second kappa shape index (κ2) is 6.94. The first kappa shape index (κ1) is 13.7. The number of benzene rings is 3. The fraction of sp³-hybridized carbons (Fsp3) is 0.100. The van der Waals surface area contributed by atoms with Crippen molar-refractivity contribution in [3.05, 3.63) is 102 Å². The maximum atomic E-state index is 2.32. The van der Waals surface area contributed by atoms with E-state index in [1.54, 1.807) is 0 Å². The molecule has 0 nitrogen and oxygen atoms in total. The Morgan fingerprint density at radius 3 is 1.48 bits per heavy atom. The lowest BCUT2D eigenvalue weighted by Gasteiger charge is -2.26. The van der Waals surface area contributed by atoms with Gasteiger partial charge < -0.3 is 0 Å². The highest BCUT2D eigenvalue weighted by Crippen LogP contribution is 2.27. The van der Waals surface area contributed by atoms with Gasteiger partial charge in [-0.2, -0.15) is 0 Å². The lowest BCUT2D eigenvalue weighted by atomic mass is 9.61. The monoisotopic (exact) mass is 269 g/mol. The second-order valence-corrected chi connectivity index (χ2v) is 5.22. The maximum Gasteiger partial charge on any atom is -0.0273 e. The predicted molar refractivity (Wildman–Crippen MR) is 91.4 cm³/mol. The zero-order valence-corrected chi connectivity index (χ0v) is 12.0. The third-order valence-electron chi connectivity index (χ3n) is 3.79. The first-order valence-electron chi connectivity index (χ1n) is 7.41. The minimum atomic E-state index is 0.410. The van der Waals surface area contributed by atoms with Crippen LogP contribution in [0.2, 0.25) is 6.32 Å². The van der Waals surface area contributed by atoms with Crippen molar-refractivity contribution in [1.82, 2.24) is 0 Å². The summed E-state index contributed by atoms with van der Waals surface area (Å²) in [6, 6.07) is 32.1. The van der Waals surface area contributed by atoms with Gasteiger partial charge in [0.15, 0.2) is 0 Å². The molecule has 0 unspecified atom stereocenters. The predicted octanol–water partition coefficient (Wildman–Crippen LogP) is 4.27. The van der Waals surface area contributed by atoms with Crippen LogP contribution in [0.1, 0.15) is 17.0 Å². The smallest absolute Gasteiger partial charge is 0.0273 e. The molecule has 3 rings (SSSR count). The van der Waals surface area contributed by atoms with E-state index in [1.165, 1.54) is 16.6 Å². The zero-order valence-electron chi connectivity index (χ0n) is 12.0. The second-order valence-electron chi connectivity index (χ2n) is 5.22. The van der Waals surface area contributed by atoms with Gasteiger partial charge in [0.25, 0.3) is 0 Å². The molecule has 0 amide bonds. The molecule has 0 saturated carbocycles. The highest BCUT2D eigenvalue weighted by atomic mass is 14.1. The number of rotatable bonds is 5. The van der Waals surface area contributed by atoms with E-state index in [9.17, 15) is 0 Å². The van der Waals surface area contributed by atoms with Crippen molar-refractivity contribution >= 4 is 12.7 Å². The van der Waals surface area contributed by atoms with Crippen molar-refractivity contribution in [2.45, 2.75) is 12.2 Å². The van der Waals surface area contributed by atoms with E-state index in [1.807, 2.05) is 0 Å². The summed E-state index contributed by atoms with van der Waals surface area (Å²) in [6.07, 6.45) is 1.01. The third kappa shape index (κ3) is 3.63. The van der Waals surface area contributed by atoms with E-state index in [0.717, 1.165) is 6.32 Å². The summed E-state index contributed by atoms with van der Waals surface area (Å²) in [5.74, 6) is 0.410. The van der Waals surface area contributed by atoms with E-state index in [-0.39, 0.29) is 0 Å². The topological polar surface area (TPSA) is 0 Å². The van der Waals surface area contributed by atoms with E-state index in [0.29, 0.717) is 5.92 Å². The molecule has 0 N–H and O–H groups in total. The molecule has 1 heteroatoms. The summed E-state index contributed by atoms with van der Waals surface area (Å²) in [7, 11) is 2.32. The number of hydrogen-bond donors (Lipinski definition) is 0. The molecule has 21 heavy (non-hydrogen) atoms. The van der Waals surface area contributed by atoms with Gasteiger partial charge in [-0.25, -0.2) is 6.32 Å². The summed E-state index contributed by atoms with van der Waals surface area (Å²) in [5.41, 5.74) is 4.03. The minimum absolute atomic E-state index is 0.410. The Balaban J connectivity index is 1.83. The van der Waals surface area contributed by atoms with Crippen LogP contribution >= 0.6 is 0 Å². The van der Waals surface area contributed by atoms with Gasteiger partial charge in [0.05, 0.1) is 0 Å². The van der Waals surface area contributed by atoms with Crippen LogP contribution in [0.4, 0.5) is 0 Å². The van der Waals surface area contributed by atoms with Crippen molar-refractivity contribution in [3.8, 4) is 0 Å². The van der Waals surface area contributed by atoms with Gasteiger partial charge in [-0.05, 0) is 17.0 Å². The average Bonchev–Trinajstić information content (AvgIpc) is 2.58. The standard InChI is InChI=1S/C20H18B/c1-4-10-17(11-5-1)20(18-12-6-2-7-13-18)16-21-19-14-8-3-9-15-19/h1-15,20H,16H2/q-1. The van der Waals surface area contributed by atoms with Crippen molar-refractivity contribution < 1.29 is 0 Å². The van der Waals surface area contributed by atoms with Gasteiger partial charge in [-0.1, -0.05) is 78.9 Å². The fourth-order valence-corrected chi connectivity index (χ4v) is 2.68. The fourth-order valence-electron chi connectivity index (χ4n) is 2.68. The third-order valence-corrected chi connectivity index (χ3v) is 3.79. The first-order valence-corrected chi connectivity index (χ1v) is 7.41. The molecular weight excluding hydrogens is 251 g/mol. The summed E-state index contributed by atoms with van der Waals surface area (Å²) >= 11 is 0. The SMILES string of the molecule is [B-](CC(c1ccccc1)c1ccccc1)c1ccccc1. The Bertz CT molecular complexity index is 608. The molecular formula is C20H18B-. The van der Waals surface area contributed by atoms with E-state index < -0.39 is 0 Å². The summed E-state index contributed by atoms with van der Waals surface area (Å²) in [6.45, 7) is 0. The average molecular weight is 269 g/mol. The molecule has 0 aliphatic rings.